The zero-order valence-electron chi connectivity index (χ0n) is 15.0. The maximum atomic E-state index is 13.0. The minimum absolute atomic E-state index is 0.110. The van der Waals surface area contributed by atoms with Crippen molar-refractivity contribution in [1.82, 2.24) is 9.21 Å². The van der Waals surface area contributed by atoms with Crippen molar-refractivity contribution >= 4 is 37.1 Å². The zero-order valence-corrected chi connectivity index (χ0v) is 17.4. The normalized spacial score (nSPS) is 16.4. The summed E-state index contributed by atoms with van der Waals surface area (Å²) in [5, 5.41) is 0. The third kappa shape index (κ3) is 4.08. The summed E-state index contributed by atoms with van der Waals surface area (Å²) in [7, 11) is -7.65. The Balaban J connectivity index is 1.79. The molecule has 1 aliphatic heterocycles. The number of carbonyl (C=O) groups is 1. The molecule has 0 radical (unpaired) electrons. The maximum absolute atomic E-state index is 13.0. The van der Waals surface area contributed by atoms with Crippen LogP contribution >= 0.6 is 11.3 Å². The lowest BCUT2D eigenvalue weighted by Crippen LogP contribution is -2.50. The van der Waals surface area contributed by atoms with E-state index in [0.717, 1.165) is 11.1 Å². The predicted molar refractivity (Wildman–Crippen MR) is 103 cm³/mol. The second-order valence-electron chi connectivity index (χ2n) is 6.33. The summed E-state index contributed by atoms with van der Waals surface area (Å²) in [6.07, 6.45) is 0.987. The van der Waals surface area contributed by atoms with Crippen LogP contribution in [0.4, 0.5) is 0 Å². The fourth-order valence-corrected chi connectivity index (χ4v) is 6.81. The Labute approximate surface area is 163 Å². The molecule has 146 valence electrons. The Hall–Kier alpha value is -1.75. The molecule has 1 amide bonds. The fourth-order valence-electron chi connectivity index (χ4n) is 2.95. The lowest BCUT2D eigenvalue weighted by Gasteiger charge is -2.34. The predicted octanol–water partition coefficient (Wildman–Crippen LogP) is 1.61. The standard InChI is InChI=1S/C17H20N2O5S3/c1-13-7-8-14(25-13)17(20)18-9-11-19(12-10-18)27(23,24)16-6-4-3-5-15(16)26(2,21)22/h3-8H,9-12H2,1-2H3. The molecular weight excluding hydrogens is 408 g/mol. The number of thiophene rings is 1. The van der Waals surface area contributed by atoms with E-state index in [4.69, 9.17) is 0 Å². The largest absolute Gasteiger partial charge is 0.335 e. The van der Waals surface area contributed by atoms with Crippen LogP contribution in [0.1, 0.15) is 14.5 Å². The van der Waals surface area contributed by atoms with Crippen LogP contribution in [0.3, 0.4) is 0 Å². The molecular formula is C17H20N2O5S3. The van der Waals surface area contributed by atoms with Gasteiger partial charge in [0, 0.05) is 37.3 Å². The molecule has 0 saturated carbocycles. The Morgan fingerprint density at radius 2 is 1.52 bits per heavy atom. The topological polar surface area (TPSA) is 91.8 Å². The van der Waals surface area contributed by atoms with Crippen LogP contribution in [-0.4, -0.2) is 64.4 Å². The molecule has 1 aliphatic rings. The minimum atomic E-state index is -3.97. The molecule has 3 rings (SSSR count). The van der Waals surface area contributed by atoms with Gasteiger partial charge in [-0.25, -0.2) is 16.8 Å². The van der Waals surface area contributed by atoms with Gasteiger partial charge in [0.15, 0.2) is 9.84 Å². The van der Waals surface area contributed by atoms with Crippen LogP contribution in [0.2, 0.25) is 0 Å². The van der Waals surface area contributed by atoms with Crippen LogP contribution in [-0.2, 0) is 19.9 Å². The molecule has 2 heterocycles. The molecule has 7 nitrogen and oxygen atoms in total. The van der Waals surface area contributed by atoms with Crippen molar-refractivity contribution in [1.29, 1.82) is 0 Å². The number of hydrogen-bond donors (Lipinski definition) is 0. The van der Waals surface area contributed by atoms with E-state index >= 15 is 0 Å². The van der Waals surface area contributed by atoms with Gasteiger partial charge >= 0.3 is 0 Å². The van der Waals surface area contributed by atoms with Crippen molar-refractivity contribution in [2.45, 2.75) is 16.7 Å². The summed E-state index contributed by atoms with van der Waals surface area (Å²) in [6.45, 7) is 2.68. The summed E-state index contributed by atoms with van der Waals surface area (Å²) in [4.78, 5) is 15.4. The van der Waals surface area contributed by atoms with Gasteiger partial charge in [-0.15, -0.1) is 11.3 Å². The number of amides is 1. The molecule has 0 atom stereocenters. The van der Waals surface area contributed by atoms with E-state index in [-0.39, 0.29) is 41.9 Å². The van der Waals surface area contributed by atoms with Gasteiger partial charge in [0.05, 0.1) is 9.77 Å². The van der Waals surface area contributed by atoms with Crippen molar-refractivity contribution in [2.24, 2.45) is 0 Å². The van der Waals surface area contributed by atoms with Crippen molar-refractivity contribution in [3.63, 3.8) is 0 Å². The third-order valence-electron chi connectivity index (χ3n) is 4.34. The number of carbonyl (C=O) groups excluding carboxylic acids is 1. The SMILES string of the molecule is Cc1ccc(C(=O)N2CCN(S(=O)(=O)c3ccccc3S(C)(=O)=O)CC2)s1. The molecule has 1 saturated heterocycles. The van der Waals surface area contributed by atoms with E-state index in [2.05, 4.69) is 0 Å². The summed E-state index contributed by atoms with van der Waals surface area (Å²) >= 11 is 1.41. The van der Waals surface area contributed by atoms with Gasteiger partial charge < -0.3 is 4.90 Å². The molecule has 27 heavy (non-hydrogen) atoms. The first-order chi connectivity index (χ1) is 12.6. The number of aryl methyl sites for hydroxylation is 1. The number of piperazine rings is 1. The van der Waals surface area contributed by atoms with E-state index in [1.165, 1.54) is 39.9 Å². The highest BCUT2D eigenvalue weighted by molar-refractivity contribution is 7.93. The van der Waals surface area contributed by atoms with Crippen LogP contribution < -0.4 is 0 Å². The molecule has 10 heteroatoms. The van der Waals surface area contributed by atoms with Crippen LogP contribution in [0.25, 0.3) is 0 Å². The monoisotopic (exact) mass is 428 g/mol. The number of sulfone groups is 1. The van der Waals surface area contributed by atoms with Gasteiger partial charge in [-0.3, -0.25) is 4.79 Å². The quantitative estimate of drug-likeness (QED) is 0.738. The molecule has 0 spiro atoms. The van der Waals surface area contributed by atoms with Crippen molar-refractivity contribution < 1.29 is 21.6 Å². The molecule has 1 aromatic carbocycles. The molecule has 0 aliphatic carbocycles. The number of sulfonamides is 1. The Morgan fingerprint density at radius 1 is 0.926 bits per heavy atom. The highest BCUT2D eigenvalue weighted by Gasteiger charge is 2.33. The average molecular weight is 429 g/mol. The fraction of sp³-hybridized carbons (Fsp3) is 0.353. The molecule has 2 aromatic rings. The van der Waals surface area contributed by atoms with Crippen LogP contribution in [0.5, 0.6) is 0 Å². The summed E-state index contributed by atoms with van der Waals surface area (Å²) < 4.78 is 51.1. The molecule has 0 bridgehead atoms. The van der Waals surface area contributed by atoms with E-state index in [1.807, 2.05) is 13.0 Å². The highest BCUT2D eigenvalue weighted by Crippen LogP contribution is 2.25. The number of nitrogens with zero attached hydrogens (tertiary/aromatic N) is 2. The van der Waals surface area contributed by atoms with Gasteiger partial charge in [-0.05, 0) is 31.2 Å². The smallest absolute Gasteiger partial charge is 0.264 e. The van der Waals surface area contributed by atoms with Crippen molar-refractivity contribution in [2.75, 3.05) is 32.4 Å². The number of benzene rings is 1. The number of hydrogen-bond acceptors (Lipinski definition) is 6. The summed E-state index contributed by atoms with van der Waals surface area (Å²) in [5.41, 5.74) is 0. The Morgan fingerprint density at radius 3 is 2.04 bits per heavy atom. The first-order valence-electron chi connectivity index (χ1n) is 8.25. The van der Waals surface area contributed by atoms with E-state index in [0.29, 0.717) is 4.88 Å². The average Bonchev–Trinajstić information content (AvgIpc) is 3.07. The minimum Gasteiger partial charge on any atom is -0.335 e. The molecule has 0 N–H and O–H groups in total. The van der Waals surface area contributed by atoms with Crippen molar-refractivity contribution in [3.05, 3.63) is 46.2 Å². The summed E-state index contributed by atoms with van der Waals surface area (Å²) in [6, 6.07) is 9.24. The van der Waals surface area contributed by atoms with Gasteiger partial charge in [0.1, 0.15) is 4.90 Å². The lowest BCUT2D eigenvalue weighted by atomic mass is 10.3. The second kappa shape index (κ2) is 7.34. The zero-order chi connectivity index (χ0) is 19.8. The molecule has 1 aromatic heterocycles. The lowest BCUT2D eigenvalue weighted by molar-refractivity contribution is 0.0702. The first kappa shape index (κ1) is 20.0. The van der Waals surface area contributed by atoms with Gasteiger partial charge in [0.25, 0.3) is 5.91 Å². The van der Waals surface area contributed by atoms with Gasteiger partial charge in [0.2, 0.25) is 10.0 Å². The highest BCUT2D eigenvalue weighted by atomic mass is 32.2. The summed E-state index contributed by atoms with van der Waals surface area (Å²) in [5.74, 6) is -0.110. The van der Waals surface area contributed by atoms with E-state index in [9.17, 15) is 21.6 Å². The Kier molecular flexibility index (Phi) is 5.44. The van der Waals surface area contributed by atoms with E-state index < -0.39 is 19.9 Å². The maximum Gasteiger partial charge on any atom is 0.264 e. The van der Waals surface area contributed by atoms with Crippen LogP contribution in [0, 0.1) is 6.92 Å². The molecule has 1 fully saturated rings. The van der Waals surface area contributed by atoms with Crippen LogP contribution in [0.15, 0.2) is 46.2 Å². The first-order valence-corrected chi connectivity index (χ1v) is 12.4. The third-order valence-corrected chi connectivity index (χ3v) is 8.57. The van der Waals surface area contributed by atoms with Gasteiger partial charge in [-0.1, -0.05) is 12.1 Å². The Bertz CT molecular complexity index is 1070. The second-order valence-corrected chi connectivity index (χ2v) is 11.5. The van der Waals surface area contributed by atoms with E-state index in [1.54, 1.807) is 11.0 Å². The van der Waals surface area contributed by atoms with Crippen molar-refractivity contribution in [3.8, 4) is 0 Å². The molecule has 0 unspecified atom stereocenters. The number of rotatable bonds is 4. The van der Waals surface area contributed by atoms with Gasteiger partial charge in [-0.2, -0.15) is 4.31 Å².